The van der Waals surface area contributed by atoms with Crippen molar-refractivity contribution in [3.8, 4) is 0 Å². The summed E-state index contributed by atoms with van der Waals surface area (Å²) in [6.45, 7) is 0. The van der Waals surface area contributed by atoms with Crippen molar-refractivity contribution in [1.82, 2.24) is 0 Å². The van der Waals surface area contributed by atoms with Gasteiger partial charge >= 0.3 is 5.97 Å². The highest BCUT2D eigenvalue weighted by atomic mass is 32.2. The summed E-state index contributed by atoms with van der Waals surface area (Å²) < 4.78 is 0. The van der Waals surface area contributed by atoms with Crippen LogP contribution in [0.5, 0.6) is 0 Å². The zero-order valence-electron chi connectivity index (χ0n) is 11.1. The lowest BCUT2D eigenvalue weighted by atomic mass is 10.1. The Morgan fingerprint density at radius 3 is 2.71 bits per heavy atom. The van der Waals surface area contributed by atoms with Gasteiger partial charge in [0.25, 0.3) is 5.69 Å². The minimum Gasteiger partial charge on any atom is -0.478 e. The van der Waals surface area contributed by atoms with E-state index in [0.29, 0.717) is 0 Å². The second-order valence-electron chi connectivity index (χ2n) is 4.64. The van der Waals surface area contributed by atoms with Crippen LogP contribution in [-0.4, -0.2) is 32.9 Å². The standard InChI is InChI=1S/C13H14N2O5S/c16-12(11-3-1-2-6-21-11)14-9-5-4-8(13(17)18)7-10(9)15(19)20/h4-5,7,11H,1-3,6H2,(H,14,16)(H,17,18). The fraction of sp³-hybridized carbons (Fsp3) is 0.385. The zero-order valence-corrected chi connectivity index (χ0v) is 11.9. The van der Waals surface area contributed by atoms with Crippen molar-refractivity contribution >= 4 is 35.0 Å². The number of amides is 1. The molecule has 0 radical (unpaired) electrons. The Bertz CT molecular complexity index is 584. The summed E-state index contributed by atoms with van der Waals surface area (Å²) in [5.41, 5.74) is -0.572. The number of carbonyl (C=O) groups excluding carboxylic acids is 1. The van der Waals surface area contributed by atoms with Gasteiger partial charge in [0.2, 0.25) is 5.91 Å². The quantitative estimate of drug-likeness (QED) is 0.653. The van der Waals surface area contributed by atoms with Crippen LogP contribution < -0.4 is 5.32 Å². The van der Waals surface area contributed by atoms with Gasteiger partial charge in [0, 0.05) is 6.07 Å². The molecule has 1 atom stereocenters. The molecule has 2 rings (SSSR count). The fourth-order valence-electron chi connectivity index (χ4n) is 2.08. The Balaban J connectivity index is 2.20. The SMILES string of the molecule is O=C(O)c1ccc(NC(=O)C2CCCCS2)c([N+](=O)[O-])c1. The number of nitro groups is 1. The molecule has 0 aromatic heterocycles. The molecule has 1 aromatic carbocycles. The van der Waals surface area contributed by atoms with Gasteiger partial charge in [-0.25, -0.2) is 4.79 Å². The first-order valence-electron chi connectivity index (χ1n) is 6.43. The van der Waals surface area contributed by atoms with E-state index in [4.69, 9.17) is 5.11 Å². The normalized spacial score (nSPS) is 18.0. The number of thioether (sulfide) groups is 1. The van der Waals surface area contributed by atoms with Crippen LogP contribution in [0.25, 0.3) is 0 Å². The number of nitrogens with one attached hydrogen (secondary N) is 1. The monoisotopic (exact) mass is 310 g/mol. The van der Waals surface area contributed by atoms with Crippen LogP contribution in [0.3, 0.4) is 0 Å². The van der Waals surface area contributed by atoms with E-state index in [9.17, 15) is 19.7 Å². The van der Waals surface area contributed by atoms with Gasteiger partial charge in [-0.15, -0.1) is 11.8 Å². The molecular formula is C13H14N2O5S. The van der Waals surface area contributed by atoms with Gasteiger partial charge in [0.1, 0.15) is 5.69 Å². The molecule has 1 unspecified atom stereocenters. The van der Waals surface area contributed by atoms with Gasteiger partial charge in [-0.05, 0) is 30.7 Å². The molecular weight excluding hydrogens is 296 g/mol. The van der Waals surface area contributed by atoms with Gasteiger partial charge in [-0.3, -0.25) is 14.9 Å². The zero-order chi connectivity index (χ0) is 15.4. The summed E-state index contributed by atoms with van der Waals surface area (Å²) >= 11 is 1.54. The van der Waals surface area contributed by atoms with E-state index in [1.807, 2.05) is 0 Å². The van der Waals surface area contributed by atoms with Crippen molar-refractivity contribution in [2.24, 2.45) is 0 Å². The van der Waals surface area contributed by atoms with E-state index in [2.05, 4.69) is 5.32 Å². The summed E-state index contributed by atoms with van der Waals surface area (Å²) in [7, 11) is 0. The lowest BCUT2D eigenvalue weighted by Crippen LogP contribution is -2.27. The molecule has 0 aliphatic carbocycles. The van der Waals surface area contributed by atoms with E-state index in [1.165, 1.54) is 23.9 Å². The number of carboxylic acid groups (broad SMARTS) is 1. The Labute approximate surface area is 124 Å². The molecule has 0 saturated carbocycles. The van der Waals surface area contributed by atoms with Crippen molar-refractivity contribution < 1.29 is 19.6 Å². The molecule has 1 aromatic rings. The molecule has 0 spiro atoms. The molecule has 1 aliphatic heterocycles. The van der Waals surface area contributed by atoms with Crippen LogP contribution in [0.15, 0.2) is 18.2 Å². The molecule has 1 saturated heterocycles. The lowest BCUT2D eigenvalue weighted by molar-refractivity contribution is -0.384. The summed E-state index contributed by atoms with van der Waals surface area (Å²) in [5, 5.41) is 22.2. The van der Waals surface area contributed by atoms with Crippen molar-refractivity contribution in [2.75, 3.05) is 11.1 Å². The molecule has 8 heteroatoms. The van der Waals surface area contributed by atoms with Crippen molar-refractivity contribution in [2.45, 2.75) is 24.5 Å². The molecule has 0 bridgehead atoms. The average Bonchev–Trinajstić information content (AvgIpc) is 2.48. The summed E-state index contributed by atoms with van der Waals surface area (Å²) in [6, 6.07) is 3.44. The lowest BCUT2D eigenvalue weighted by Gasteiger charge is -2.20. The number of nitrogens with zero attached hydrogens (tertiary/aromatic N) is 1. The topological polar surface area (TPSA) is 110 Å². The Morgan fingerprint density at radius 2 is 2.14 bits per heavy atom. The van der Waals surface area contributed by atoms with Crippen molar-refractivity contribution in [3.63, 3.8) is 0 Å². The van der Waals surface area contributed by atoms with Crippen LogP contribution in [0.2, 0.25) is 0 Å². The molecule has 1 aliphatic rings. The third kappa shape index (κ3) is 3.72. The highest BCUT2D eigenvalue weighted by Crippen LogP contribution is 2.29. The van der Waals surface area contributed by atoms with Gasteiger partial charge in [-0.2, -0.15) is 0 Å². The number of nitro benzene ring substituents is 1. The summed E-state index contributed by atoms with van der Waals surface area (Å²) in [6.07, 6.45) is 2.78. The maximum Gasteiger partial charge on any atom is 0.335 e. The number of benzene rings is 1. The maximum atomic E-state index is 12.1. The molecule has 7 nitrogen and oxygen atoms in total. The number of hydrogen-bond acceptors (Lipinski definition) is 5. The third-order valence-corrected chi connectivity index (χ3v) is 4.55. The number of hydrogen-bond donors (Lipinski definition) is 2. The molecule has 1 heterocycles. The Kier molecular flexibility index (Phi) is 4.79. The Morgan fingerprint density at radius 1 is 1.38 bits per heavy atom. The first-order chi connectivity index (χ1) is 9.99. The summed E-state index contributed by atoms with van der Waals surface area (Å²) in [4.78, 5) is 33.2. The molecule has 1 amide bonds. The molecule has 1 fully saturated rings. The van der Waals surface area contributed by atoms with Crippen LogP contribution in [0.1, 0.15) is 29.6 Å². The third-order valence-electron chi connectivity index (χ3n) is 3.17. The number of anilines is 1. The highest BCUT2D eigenvalue weighted by Gasteiger charge is 2.25. The molecule has 2 N–H and O–H groups in total. The van der Waals surface area contributed by atoms with Crippen LogP contribution in [0, 0.1) is 10.1 Å². The Hall–Kier alpha value is -2.09. The maximum absolute atomic E-state index is 12.1. The van der Waals surface area contributed by atoms with Gasteiger partial charge in [0.15, 0.2) is 0 Å². The smallest absolute Gasteiger partial charge is 0.335 e. The van der Waals surface area contributed by atoms with E-state index in [-0.39, 0.29) is 22.4 Å². The minimum atomic E-state index is -1.25. The van der Waals surface area contributed by atoms with Crippen LogP contribution in [-0.2, 0) is 4.79 Å². The van der Waals surface area contributed by atoms with Crippen LogP contribution in [0.4, 0.5) is 11.4 Å². The van der Waals surface area contributed by atoms with Gasteiger partial charge in [0.05, 0.1) is 15.7 Å². The average molecular weight is 310 g/mol. The van der Waals surface area contributed by atoms with E-state index in [0.717, 1.165) is 31.1 Å². The van der Waals surface area contributed by atoms with Gasteiger partial charge < -0.3 is 10.4 Å². The van der Waals surface area contributed by atoms with E-state index in [1.54, 1.807) is 0 Å². The first-order valence-corrected chi connectivity index (χ1v) is 7.48. The molecule has 112 valence electrons. The predicted octanol–water partition coefficient (Wildman–Crippen LogP) is 2.52. The largest absolute Gasteiger partial charge is 0.478 e. The predicted molar refractivity (Wildman–Crippen MR) is 78.8 cm³/mol. The first kappa shape index (κ1) is 15.3. The van der Waals surface area contributed by atoms with E-state index >= 15 is 0 Å². The second kappa shape index (κ2) is 6.57. The number of rotatable bonds is 4. The number of carbonyl (C=O) groups is 2. The highest BCUT2D eigenvalue weighted by molar-refractivity contribution is 8.00. The second-order valence-corrected chi connectivity index (χ2v) is 5.95. The number of carboxylic acids is 1. The van der Waals surface area contributed by atoms with E-state index < -0.39 is 16.6 Å². The number of aromatic carboxylic acids is 1. The van der Waals surface area contributed by atoms with Gasteiger partial charge in [-0.1, -0.05) is 6.42 Å². The van der Waals surface area contributed by atoms with Crippen molar-refractivity contribution in [1.29, 1.82) is 0 Å². The fourth-order valence-corrected chi connectivity index (χ4v) is 3.28. The summed E-state index contributed by atoms with van der Waals surface area (Å²) in [5.74, 6) is -0.623. The molecule has 21 heavy (non-hydrogen) atoms. The van der Waals surface area contributed by atoms with Crippen LogP contribution >= 0.6 is 11.8 Å². The van der Waals surface area contributed by atoms with Crippen molar-refractivity contribution in [3.05, 3.63) is 33.9 Å². The minimum absolute atomic E-state index is 0.0289.